The topological polar surface area (TPSA) is 74.5 Å². The van der Waals surface area contributed by atoms with Gasteiger partial charge in [0.25, 0.3) is 0 Å². The second-order valence-electron chi connectivity index (χ2n) is 5.23. The molecule has 8 heteroatoms. The van der Waals surface area contributed by atoms with Crippen LogP contribution in [0.25, 0.3) is 0 Å². The van der Waals surface area contributed by atoms with Crippen molar-refractivity contribution in [1.82, 2.24) is 16.0 Å². The molecule has 0 amide bonds. The highest BCUT2D eigenvalue weighted by molar-refractivity contribution is 8.03. The molecule has 1 fully saturated rings. The number of nitrogens with one attached hydrogen (secondary N) is 3. The Morgan fingerprint density at radius 3 is 2.77 bits per heavy atom. The van der Waals surface area contributed by atoms with Gasteiger partial charge in [0.2, 0.25) is 0 Å². The van der Waals surface area contributed by atoms with E-state index in [0.717, 1.165) is 18.0 Å². The Balaban J connectivity index is 1.81. The van der Waals surface area contributed by atoms with Crippen LogP contribution >= 0.6 is 35.0 Å². The maximum Gasteiger partial charge on any atom is 0.140 e. The highest BCUT2D eigenvalue weighted by atomic mass is 35.5. The van der Waals surface area contributed by atoms with E-state index < -0.39 is 5.66 Å². The van der Waals surface area contributed by atoms with Crippen molar-refractivity contribution in [1.29, 1.82) is 0 Å². The van der Waals surface area contributed by atoms with E-state index >= 15 is 0 Å². The SMILES string of the molecule is CNC1(C2CNC2)C=NC(Sc2cccc(Cl)c2Cl)=C(N)N1. The minimum Gasteiger partial charge on any atom is -0.383 e. The molecule has 1 aromatic carbocycles. The average Bonchev–Trinajstić information content (AvgIpc) is 2.44. The van der Waals surface area contributed by atoms with E-state index in [9.17, 15) is 0 Å². The number of nitrogens with two attached hydrogens (primary N) is 1. The first-order valence-corrected chi connectivity index (χ1v) is 8.47. The van der Waals surface area contributed by atoms with Crippen molar-refractivity contribution in [3.8, 4) is 0 Å². The standard InChI is InChI=1S/C14H17Cl2N5S/c1-18-14(8-5-19-6-8)7-20-13(12(17)21-14)22-10-4-2-3-9(15)11(10)16/h2-4,7-8,18-19,21H,5-6,17H2,1H3. The Kier molecular flexibility index (Phi) is 4.56. The third-order valence-electron chi connectivity index (χ3n) is 3.92. The summed E-state index contributed by atoms with van der Waals surface area (Å²) in [7, 11) is 1.90. The molecule has 2 aliphatic heterocycles. The van der Waals surface area contributed by atoms with Gasteiger partial charge in [-0.2, -0.15) is 0 Å². The molecule has 5 nitrogen and oxygen atoms in total. The second kappa shape index (κ2) is 6.29. The molecule has 5 N–H and O–H groups in total. The molecule has 0 aliphatic carbocycles. The van der Waals surface area contributed by atoms with E-state index in [4.69, 9.17) is 28.9 Å². The summed E-state index contributed by atoms with van der Waals surface area (Å²) >= 11 is 13.7. The van der Waals surface area contributed by atoms with Gasteiger partial charge in [0.15, 0.2) is 0 Å². The molecule has 0 spiro atoms. The predicted molar refractivity (Wildman–Crippen MR) is 93.3 cm³/mol. The zero-order valence-corrected chi connectivity index (χ0v) is 14.3. The molecule has 2 heterocycles. The summed E-state index contributed by atoms with van der Waals surface area (Å²) in [6, 6.07) is 5.50. The lowest BCUT2D eigenvalue weighted by Gasteiger charge is -2.45. The Morgan fingerprint density at radius 1 is 1.41 bits per heavy atom. The molecule has 0 saturated carbocycles. The number of halogens is 2. The molecule has 118 valence electrons. The van der Waals surface area contributed by atoms with E-state index in [1.807, 2.05) is 25.4 Å². The molecule has 0 bridgehead atoms. The molecule has 3 rings (SSSR count). The quantitative estimate of drug-likeness (QED) is 0.662. The van der Waals surface area contributed by atoms with Crippen molar-refractivity contribution in [2.24, 2.45) is 16.6 Å². The largest absolute Gasteiger partial charge is 0.383 e. The van der Waals surface area contributed by atoms with Gasteiger partial charge in [-0.15, -0.1) is 0 Å². The fourth-order valence-corrected chi connectivity index (χ4v) is 3.73. The molecule has 1 atom stereocenters. The molecule has 0 radical (unpaired) electrons. The van der Waals surface area contributed by atoms with Crippen molar-refractivity contribution >= 4 is 41.2 Å². The van der Waals surface area contributed by atoms with Crippen LogP contribution in [0.1, 0.15) is 0 Å². The molecule has 22 heavy (non-hydrogen) atoms. The van der Waals surface area contributed by atoms with E-state index in [-0.39, 0.29) is 0 Å². The van der Waals surface area contributed by atoms with Crippen molar-refractivity contribution in [3.63, 3.8) is 0 Å². The van der Waals surface area contributed by atoms with Crippen molar-refractivity contribution < 1.29 is 0 Å². The van der Waals surface area contributed by atoms with Crippen molar-refractivity contribution in [2.45, 2.75) is 10.6 Å². The van der Waals surface area contributed by atoms with Crippen LogP contribution in [0.2, 0.25) is 10.0 Å². The minimum atomic E-state index is -0.405. The molecule has 2 aliphatic rings. The second-order valence-corrected chi connectivity index (χ2v) is 7.05. The summed E-state index contributed by atoms with van der Waals surface area (Å²) < 4.78 is 0. The van der Waals surface area contributed by atoms with Gasteiger partial charge >= 0.3 is 0 Å². The fourth-order valence-electron chi connectivity index (χ4n) is 2.44. The highest BCUT2D eigenvalue weighted by Crippen LogP contribution is 2.38. The van der Waals surface area contributed by atoms with Gasteiger partial charge < -0.3 is 16.4 Å². The van der Waals surface area contributed by atoms with Gasteiger partial charge in [-0.05, 0) is 19.2 Å². The van der Waals surface area contributed by atoms with Crippen LogP contribution in [0.4, 0.5) is 0 Å². The Labute approximate surface area is 143 Å². The minimum absolute atomic E-state index is 0.404. The molecule has 1 aromatic rings. The van der Waals surface area contributed by atoms with Crippen LogP contribution in [-0.4, -0.2) is 32.0 Å². The number of hydrogen-bond donors (Lipinski definition) is 4. The third-order valence-corrected chi connectivity index (χ3v) is 5.93. The number of rotatable bonds is 4. The number of benzene rings is 1. The highest BCUT2D eigenvalue weighted by Gasteiger charge is 2.41. The summed E-state index contributed by atoms with van der Waals surface area (Å²) in [6.45, 7) is 1.85. The van der Waals surface area contributed by atoms with Gasteiger partial charge in [0, 0.05) is 30.1 Å². The van der Waals surface area contributed by atoms with Crippen molar-refractivity contribution in [3.05, 3.63) is 39.1 Å². The number of nitrogens with zero attached hydrogens (tertiary/aromatic N) is 1. The summed E-state index contributed by atoms with van der Waals surface area (Å²) in [4.78, 5) is 5.37. The van der Waals surface area contributed by atoms with E-state index in [2.05, 4.69) is 20.9 Å². The van der Waals surface area contributed by atoms with Gasteiger partial charge in [0.1, 0.15) is 16.5 Å². The summed E-state index contributed by atoms with van der Waals surface area (Å²) in [6.07, 6.45) is 1.88. The smallest absolute Gasteiger partial charge is 0.140 e. The van der Waals surface area contributed by atoms with Crippen LogP contribution in [-0.2, 0) is 0 Å². The first kappa shape index (κ1) is 16.0. The third kappa shape index (κ3) is 2.81. The predicted octanol–water partition coefficient (Wildman–Crippen LogP) is 1.98. The maximum atomic E-state index is 6.22. The normalized spacial score (nSPS) is 25.0. The van der Waals surface area contributed by atoms with Crippen LogP contribution in [0.15, 0.2) is 38.9 Å². The lowest BCUT2D eigenvalue weighted by molar-refractivity contribution is 0.195. The van der Waals surface area contributed by atoms with Crippen LogP contribution in [0.3, 0.4) is 0 Å². The summed E-state index contributed by atoms with van der Waals surface area (Å²) in [5.74, 6) is 0.936. The Bertz CT molecular complexity index is 644. The molecule has 1 saturated heterocycles. The first-order valence-electron chi connectivity index (χ1n) is 6.90. The summed E-state index contributed by atoms with van der Waals surface area (Å²) in [5.41, 5.74) is 5.77. The van der Waals surface area contributed by atoms with Gasteiger partial charge in [0.05, 0.1) is 10.0 Å². The lowest BCUT2D eigenvalue weighted by Crippen LogP contribution is -2.70. The monoisotopic (exact) mass is 357 g/mol. The summed E-state index contributed by atoms with van der Waals surface area (Å²) in [5, 5.41) is 11.6. The average molecular weight is 358 g/mol. The van der Waals surface area contributed by atoms with E-state index in [0.29, 0.717) is 26.8 Å². The van der Waals surface area contributed by atoms with Gasteiger partial charge in [-0.1, -0.05) is 41.0 Å². The van der Waals surface area contributed by atoms with E-state index in [1.165, 1.54) is 11.8 Å². The Hall–Kier alpha value is -0.920. The molecular weight excluding hydrogens is 341 g/mol. The molecular formula is C14H17Cl2N5S. The van der Waals surface area contributed by atoms with E-state index in [1.54, 1.807) is 6.07 Å². The van der Waals surface area contributed by atoms with Crippen LogP contribution < -0.4 is 21.7 Å². The molecule has 1 unspecified atom stereocenters. The fraction of sp³-hybridized carbons (Fsp3) is 0.357. The lowest BCUT2D eigenvalue weighted by atomic mass is 9.87. The zero-order valence-electron chi connectivity index (χ0n) is 12.0. The van der Waals surface area contributed by atoms with Crippen LogP contribution in [0, 0.1) is 5.92 Å². The van der Waals surface area contributed by atoms with Gasteiger partial charge in [-0.25, -0.2) is 4.99 Å². The van der Waals surface area contributed by atoms with Gasteiger partial charge in [-0.3, -0.25) is 5.32 Å². The zero-order chi connectivity index (χ0) is 15.7. The molecule has 0 aromatic heterocycles. The maximum absolute atomic E-state index is 6.22. The Morgan fingerprint density at radius 2 is 2.18 bits per heavy atom. The van der Waals surface area contributed by atoms with Crippen LogP contribution in [0.5, 0.6) is 0 Å². The van der Waals surface area contributed by atoms with Crippen molar-refractivity contribution in [2.75, 3.05) is 20.1 Å². The first-order chi connectivity index (χ1) is 10.6. The number of thioether (sulfide) groups is 1. The number of aliphatic imine (C=N–C) groups is 1. The number of hydrogen-bond acceptors (Lipinski definition) is 6.